The Balaban J connectivity index is 0.000000253. The van der Waals surface area contributed by atoms with E-state index in [0.29, 0.717) is 33.6 Å². The number of anilines is 3. The van der Waals surface area contributed by atoms with Crippen molar-refractivity contribution in [2.24, 2.45) is 5.73 Å². The maximum absolute atomic E-state index is 9.15. The van der Waals surface area contributed by atoms with Gasteiger partial charge in [-0.2, -0.15) is 10.4 Å². The first-order valence-corrected chi connectivity index (χ1v) is 9.41. The van der Waals surface area contributed by atoms with Gasteiger partial charge in [0.25, 0.3) is 0 Å². The van der Waals surface area contributed by atoms with Crippen molar-refractivity contribution in [1.82, 2.24) is 9.61 Å². The molecule has 27 heavy (non-hydrogen) atoms. The molecule has 0 radical (unpaired) electrons. The number of fused-ring (bicyclic) bond motifs is 1. The third-order valence-electron chi connectivity index (χ3n) is 4.61. The van der Waals surface area contributed by atoms with Crippen molar-refractivity contribution >= 4 is 34.3 Å². The number of nitrogens with one attached hydrogen (secondary N) is 1. The first-order valence-electron chi connectivity index (χ1n) is 9.03. The molecule has 0 atom stereocenters. The van der Waals surface area contributed by atoms with Crippen LogP contribution in [0, 0.1) is 11.3 Å². The van der Waals surface area contributed by atoms with E-state index in [1.807, 2.05) is 18.2 Å². The average molecular weight is 383 g/mol. The number of para-hydroxylation sites is 1. The summed E-state index contributed by atoms with van der Waals surface area (Å²) in [7, 11) is 0. The van der Waals surface area contributed by atoms with E-state index in [1.165, 1.54) is 32.1 Å². The van der Waals surface area contributed by atoms with E-state index in [4.69, 9.17) is 28.3 Å². The summed E-state index contributed by atoms with van der Waals surface area (Å²) < 4.78 is 1.62. The predicted octanol–water partition coefficient (Wildman–Crippen LogP) is 4.46. The predicted molar refractivity (Wildman–Crippen MR) is 110 cm³/mol. The van der Waals surface area contributed by atoms with Crippen LogP contribution < -0.4 is 16.8 Å². The topological polar surface area (TPSA) is 105 Å². The third-order valence-corrected chi connectivity index (χ3v) is 4.94. The molecule has 4 rings (SSSR count). The fourth-order valence-electron chi connectivity index (χ4n) is 3.16. The second-order valence-corrected chi connectivity index (χ2v) is 7.01. The second-order valence-electron chi connectivity index (χ2n) is 6.60. The van der Waals surface area contributed by atoms with Crippen LogP contribution in [0.1, 0.15) is 37.7 Å². The summed E-state index contributed by atoms with van der Waals surface area (Å²) in [6, 6.07) is 13.4. The molecular formula is C20H23ClN6. The van der Waals surface area contributed by atoms with Crippen molar-refractivity contribution in [3.8, 4) is 6.07 Å². The quantitative estimate of drug-likeness (QED) is 0.606. The number of nitriles is 1. The highest BCUT2D eigenvalue weighted by molar-refractivity contribution is 6.33. The largest absolute Gasteiger partial charge is 0.397 e. The monoisotopic (exact) mass is 382 g/mol. The van der Waals surface area contributed by atoms with E-state index in [2.05, 4.69) is 16.5 Å². The van der Waals surface area contributed by atoms with Crippen molar-refractivity contribution in [3.05, 3.63) is 53.2 Å². The summed E-state index contributed by atoms with van der Waals surface area (Å²) in [5.74, 6) is 0.648. The Morgan fingerprint density at radius 1 is 1.19 bits per heavy atom. The number of hydrogen-bond acceptors (Lipinski definition) is 5. The number of nitrogen functional groups attached to an aromatic ring is 1. The van der Waals surface area contributed by atoms with Crippen LogP contribution in [0.3, 0.4) is 0 Å². The molecule has 1 fully saturated rings. The Morgan fingerprint density at radius 2 is 1.93 bits per heavy atom. The van der Waals surface area contributed by atoms with Gasteiger partial charge in [-0.25, -0.2) is 4.52 Å². The molecule has 0 spiro atoms. The van der Waals surface area contributed by atoms with Gasteiger partial charge >= 0.3 is 0 Å². The van der Waals surface area contributed by atoms with Crippen LogP contribution in [0.25, 0.3) is 5.52 Å². The number of nitrogens with two attached hydrogens (primary N) is 2. The molecule has 5 N–H and O–H groups in total. The Kier molecular flexibility index (Phi) is 6.17. The van der Waals surface area contributed by atoms with Crippen molar-refractivity contribution in [3.63, 3.8) is 0 Å². The standard InChI is InChI=1S/C14H10ClN5.C6H13N/c15-10-3-1-2-4-12(10)19-14-7-11(17)9(8-16)13-5-6-18-20(13)14;7-6-4-2-1-3-5-6/h1-7,19H,17H2;6H,1-5,7H2. The summed E-state index contributed by atoms with van der Waals surface area (Å²) in [5, 5.41) is 17.1. The van der Waals surface area contributed by atoms with Gasteiger partial charge < -0.3 is 16.8 Å². The molecule has 0 unspecified atom stereocenters. The van der Waals surface area contributed by atoms with Gasteiger partial charge in [-0.1, -0.05) is 43.0 Å². The highest BCUT2D eigenvalue weighted by Crippen LogP contribution is 2.28. The zero-order valence-corrected chi connectivity index (χ0v) is 15.8. The van der Waals surface area contributed by atoms with Crippen molar-refractivity contribution < 1.29 is 0 Å². The van der Waals surface area contributed by atoms with Gasteiger partial charge in [-0.05, 0) is 31.0 Å². The van der Waals surface area contributed by atoms with Crippen molar-refractivity contribution in [2.75, 3.05) is 11.1 Å². The molecule has 0 aliphatic heterocycles. The first-order chi connectivity index (χ1) is 13.1. The molecule has 1 aromatic carbocycles. The summed E-state index contributed by atoms with van der Waals surface area (Å²) >= 11 is 6.12. The van der Waals surface area contributed by atoms with Gasteiger partial charge in [-0.15, -0.1) is 0 Å². The zero-order valence-electron chi connectivity index (χ0n) is 15.0. The minimum Gasteiger partial charge on any atom is -0.397 e. The van der Waals surface area contributed by atoms with Crippen LogP contribution in [0.4, 0.5) is 17.2 Å². The van der Waals surface area contributed by atoms with Crippen LogP contribution in [0.5, 0.6) is 0 Å². The van der Waals surface area contributed by atoms with Gasteiger partial charge in [0.15, 0.2) is 0 Å². The molecule has 3 aromatic rings. The minimum atomic E-state index is 0.398. The number of halogens is 1. The summed E-state index contributed by atoms with van der Waals surface area (Å²) in [4.78, 5) is 0. The Bertz CT molecular complexity index is 953. The van der Waals surface area contributed by atoms with E-state index < -0.39 is 0 Å². The van der Waals surface area contributed by atoms with Crippen molar-refractivity contribution in [2.45, 2.75) is 38.1 Å². The van der Waals surface area contributed by atoms with Gasteiger partial charge in [0, 0.05) is 12.1 Å². The molecule has 1 aliphatic carbocycles. The van der Waals surface area contributed by atoms with E-state index in [1.54, 1.807) is 28.9 Å². The molecule has 6 nitrogen and oxygen atoms in total. The second kappa shape index (κ2) is 8.76. The maximum Gasteiger partial charge on any atom is 0.134 e. The number of nitrogens with zero attached hydrogens (tertiary/aromatic N) is 3. The fourth-order valence-corrected chi connectivity index (χ4v) is 3.34. The molecule has 2 heterocycles. The van der Waals surface area contributed by atoms with E-state index in [9.17, 15) is 0 Å². The van der Waals surface area contributed by atoms with Crippen molar-refractivity contribution in [1.29, 1.82) is 5.26 Å². The van der Waals surface area contributed by atoms with E-state index in [-0.39, 0.29) is 0 Å². The molecular weight excluding hydrogens is 360 g/mol. The fraction of sp³-hybridized carbons (Fsp3) is 0.300. The number of aromatic nitrogens is 2. The van der Waals surface area contributed by atoms with Crippen LogP contribution in [0.15, 0.2) is 42.6 Å². The van der Waals surface area contributed by atoms with Crippen LogP contribution in [-0.2, 0) is 0 Å². The Hall–Kier alpha value is -2.75. The molecule has 0 bridgehead atoms. The zero-order chi connectivity index (χ0) is 19.2. The normalized spacial score (nSPS) is 14.3. The van der Waals surface area contributed by atoms with Crippen LogP contribution in [0.2, 0.25) is 5.02 Å². The summed E-state index contributed by atoms with van der Waals surface area (Å²) in [6.45, 7) is 0. The highest BCUT2D eigenvalue weighted by atomic mass is 35.5. The average Bonchev–Trinajstić information content (AvgIpc) is 3.15. The van der Waals surface area contributed by atoms with Gasteiger partial charge in [0.1, 0.15) is 17.5 Å². The number of pyridine rings is 1. The van der Waals surface area contributed by atoms with Gasteiger partial charge in [-0.3, -0.25) is 0 Å². The van der Waals surface area contributed by atoms with E-state index >= 15 is 0 Å². The smallest absolute Gasteiger partial charge is 0.134 e. The number of benzene rings is 1. The lowest BCUT2D eigenvalue weighted by Crippen LogP contribution is -2.22. The van der Waals surface area contributed by atoms with Crippen LogP contribution in [-0.4, -0.2) is 15.7 Å². The highest BCUT2D eigenvalue weighted by Gasteiger charge is 2.11. The lowest BCUT2D eigenvalue weighted by atomic mass is 9.97. The van der Waals surface area contributed by atoms with E-state index in [0.717, 1.165) is 5.69 Å². The van der Waals surface area contributed by atoms with Crippen LogP contribution >= 0.6 is 11.6 Å². The Labute approximate surface area is 163 Å². The molecule has 0 amide bonds. The molecule has 1 saturated carbocycles. The summed E-state index contributed by atoms with van der Waals surface area (Å²) in [5.41, 5.74) is 13.8. The van der Waals surface area contributed by atoms with Gasteiger partial charge in [0.2, 0.25) is 0 Å². The third kappa shape index (κ3) is 4.51. The molecule has 7 heteroatoms. The number of hydrogen-bond donors (Lipinski definition) is 3. The molecule has 1 aliphatic rings. The lowest BCUT2D eigenvalue weighted by Gasteiger charge is -2.15. The SMILES string of the molecule is N#Cc1c(N)cc(Nc2ccccc2Cl)n2nccc12.NC1CCCCC1. The van der Waals surface area contributed by atoms with Gasteiger partial charge in [0.05, 0.1) is 28.1 Å². The Morgan fingerprint density at radius 3 is 2.56 bits per heavy atom. The molecule has 140 valence electrons. The lowest BCUT2D eigenvalue weighted by molar-refractivity contribution is 0.441. The number of rotatable bonds is 2. The summed E-state index contributed by atoms with van der Waals surface area (Å²) in [6.07, 6.45) is 8.28. The molecule has 0 saturated heterocycles. The minimum absolute atomic E-state index is 0.398. The maximum atomic E-state index is 9.15. The first kappa shape index (κ1) is 19.0. The molecule has 2 aromatic heterocycles.